The molecule has 1 aliphatic rings. The number of hydrogen-bond donors (Lipinski definition) is 0. The van der Waals surface area contributed by atoms with Crippen molar-refractivity contribution < 1.29 is 0 Å². The third-order valence-electron chi connectivity index (χ3n) is 14.8. The van der Waals surface area contributed by atoms with E-state index in [1.165, 1.54) is 83.1 Å². The van der Waals surface area contributed by atoms with Crippen LogP contribution in [-0.4, -0.2) is 0 Å². The third-order valence-corrected chi connectivity index (χ3v) is 14.8. The highest BCUT2D eigenvalue weighted by Crippen LogP contribution is 2.57. The van der Waals surface area contributed by atoms with Gasteiger partial charge in [0.25, 0.3) is 0 Å². The Balaban J connectivity index is 0.920. The fourth-order valence-electron chi connectivity index (χ4n) is 11.4. The normalized spacial score (nSPS) is 12.3. The Morgan fingerprint density at radius 3 is 1.31 bits per heavy atom. The summed E-state index contributed by atoms with van der Waals surface area (Å²) in [5, 5.41) is 2.51. The van der Waals surface area contributed by atoms with E-state index in [0.717, 1.165) is 33.8 Å². The van der Waals surface area contributed by atoms with Gasteiger partial charge in [-0.05, 0) is 143 Å². The summed E-state index contributed by atoms with van der Waals surface area (Å²) in [6.45, 7) is 0. The maximum atomic E-state index is 2.45. The number of fused-ring (bicyclic) bond motifs is 4. The van der Waals surface area contributed by atoms with Gasteiger partial charge in [-0.15, -0.1) is 0 Å². The van der Waals surface area contributed by atoms with Crippen LogP contribution in [0, 0.1) is 0 Å². The second-order valence-corrected chi connectivity index (χ2v) is 18.8. The average Bonchev–Trinajstić information content (AvgIpc) is 3.76. The van der Waals surface area contributed by atoms with Gasteiger partial charge in [0.15, 0.2) is 0 Å². The molecule has 72 heavy (non-hydrogen) atoms. The molecule has 0 heterocycles. The zero-order valence-corrected chi connectivity index (χ0v) is 39.7. The van der Waals surface area contributed by atoms with Crippen molar-refractivity contribution in [1.82, 2.24) is 0 Å². The first-order valence-corrected chi connectivity index (χ1v) is 24.9. The van der Waals surface area contributed by atoms with Gasteiger partial charge in [0.1, 0.15) is 0 Å². The molecule has 1 aliphatic carbocycles. The van der Waals surface area contributed by atoms with Crippen molar-refractivity contribution >= 4 is 27.8 Å². The molecule has 0 saturated heterocycles. The van der Waals surface area contributed by atoms with Gasteiger partial charge >= 0.3 is 0 Å². The van der Waals surface area contributed by atoms with Gasteiger partial charge in [0, 0.05) is 16.9 Å². The van der Waals surface area contributed by atoms with Crippen molar-refractivity contribution in [3.63, 3.8) is 0 Å². The summed E-state index contributed by atoms with van der Waals surface area (Å²) in [5.41, 5.74) is 22.4. The van der Waals surface area contributed by atoms with Crippen LogP contribution in [0.1, 0.15) is 22.3 Å². The third kappa shape index (κ3) is 7.42. The summed E-state index contributed by atoms with van der Waals surface area (Å²) in [7, 11) is 0. The van der Waals surface area contributed by atoms with E-state index < -0.39 is 5.41 Å². The fourth-order valence-corrected chi connectivity index (χ4v) is 11.4. The second-order valence-electron chi connectivity index (χ2n) is 18.8. The molecule has 0 saturated carbocycles. The second kappa shape index (κ2) is 18.2. The molecular weight excluding hydrogens is 867 g/mol. The molecule has 0 aromatic heterocycles. The van der Waals surface area contributed by atoms with Crippen LogP contribution in [-0.2, 0) is 5.41 Å². The molecule has 0 aliphatic heterocycles. The number of para-hydroxylation sites is 1. The lowest BCUT2D eigenvalue weighted by atomic mass is 9.67. The smallest absolute Gasteiger partial charge is 0.0713 e. The first-order valence-electron chi connectivity index (χ1n) is 24.9. The molecule has 1 heteroatoms. The summed E-state index contributed by atoms with van der Waals surface area (Å²) in [6, 6.07) is 109. The molecular formula is C71H49N. The predicted molar refractivity (Wildman–Crippen MR) is 303 cm³/mol. The Morgan fingerprint density at radius 2 is 0.653 bits per heavy atom. The van der Waals surface area contributed by atoms with Gasteiger partial charge in [0.05, 0.1) is 11.1 Å². The number of benzene rings is 12. The van der Waals surface area contributed by atoms with E-state index in [2.05, 4.69) is 302 Å². The van der Waals surface area contributed by atoms with Crippen LogP contribution in [0.5, 0.6) is 0 Å². The molecule has 0 fully saturated rings. The van der Waals surface area contributed by atoms with Gasteiger partial charge in [-0.25, -0.2) is 0 Å². The molecule has 0 bridgehead atoms. The van der Waals surface area contributed by atoms with Crippen LogP contribution in [0.4, 0.5) is 17.1 Å². The summed E-state index contributed by atoms with van der Waals surface area (Å²) in [6.07, 6.45) is 0. The van der Waals surface area contributed by atoms with Crippen molar-refractivity contribution in [2.24, 2.45) is 0 Å². The maximum absolute atomic E-state index is 2.45. The minimum Gasteiger partial charge on any atom is -0.310 e. The zero-order valence-electron chi connectivity index (χ0n) is 39.7. The Hall–Kier alpha value is -9.30. The molecule has 0 spiro atoms. The van der Waals surface area contributed by atoms with Gasteiger partial charge in [-0.1, -0.05) is 249 Å². The van der Waals surface area contributed by atoms with Crippen LogP contribution < -0.4 is 4.90 Å². The highest BCUT2D eigenvalue weighted by atomic mass is 15.1. The number of hydrogen-bond acceptors (Lipinski definition) is 1. The van der Waals surface area contributed by atoms with Gasteiger partial charge in [-0.3, -0.25) is 0 Å². The molecule has 1 nitrogen and oxygen atoms in total. The van der Waals surface area contributed by atoms with Crippen molar-refractivity contribution in [1.29, 1.82) is 0 Å². The van der Waals surface area contributed by atoms with E-state index in [1.54, 1.807) is 0 Å². The van der Waals surface area contributed by atoms with E-state index in [4.69, 9.17) is 0 Å². The van der Waals surface area contributed by atoms with Crippen molar-refractivity contribution in [2.45, 2.75) is 5.41 Å². The van der Waals surface area contributed by atoms with Gasteiger partial charge < -0.3 is 4.90 Å². The minimum absolute atomic E-state index is 0.466. The van der Waals surface area contributed by atoms with E-state index in [0.29, 0.717) is 0 Å². The molecule has 12 aromatic rings. The number of anilines is 3. The van der Waals surface area contributed by atoms with Crippen LogP contribution in [0.2, 0.25) is 0 Å². The summed E-state index contributed by atoms with van der Waals surface area (Å²) in [5.74, 6) is 0. The predicted octanol–water partition coefficient (Wildman–Crippen LogP) is 19.0. The SMILES string of the molecule is c1ccc(-c2cccc(-c3ccccc3N(c3ccc(-c4cccc(-c5cccc6ccccc56)c4)cc3)c3ccc(-c4ccc5c(c4)C(c4ccccc4)(c4ccccc4)c4ccccc4-5)cc3)c2)cc1. The first-order chi connectivity index (χ1) is 35.7. The average molecular weight is 916 g/mol. The Morgan fingerprint density at radius 1 is 0.236 bits per heavy atom. The van der Waals surface area contributed by atoms with Crippen LogP contribution in [0.15, 0.2) is 297 Å². The van der Waals surface area contributed by atoms with Crippen molar-refractivity contribution in [2.75, 3.05) is 4.90 Å². The zero-order chi connectivity index (χ0) is 47.8. The standard InChI is InChI=1S/C71H49N/c1-4-19-50(20-5-1)54-23-17-26-58(48-54)65-32-13-15-36-70(65)72(61-42-37-51(38-43-61)55-24-16-25-57(47-55)64-34-18-22-53-21-10-11-31-63(53)64)62-44-39-52(40-45-62)56-41-46-67-66-33-12-14-35-68(66)71(69(67)49-56,59-27-6-2-7-28-59)60-29-8-3-9-30-60/h1-49H. The number of rotatable bonds is 10. The van der Waals surface area contributed by atoms with E-state index >= 15 is 0 Å². The minimum atomic E-state index is -0.466. The van der Waals surface area contributed by atoms with Crippen LogP contribution >= 0.6 is 0 Å². The first kappa shape index (κ1) is 42.8. The Labute approximate surface area is 422 Å². The summed E-state index contributed by atoms with van der Waals surface area (Å²) < 4.78 is 0. The molecule has 0 amide bonds. The summed E-state index contributed by atoms with van der Waals surface area (Å²) in [4.78, 5) is 2.42. The fraction of sp³-hybridized carbons (Fsp3) is 0.0141. The molecule has 0 atom stereocenters. The largest absolute Gasteiger partial charge is 0.310 e. The van der Waals surface area contributed by atoms with Crippen LogP contribution in [0.25, 0.3) is 77.5 Å². The lowest BCUT2D eigenvalue weighted by molar-refractivity contribution is 0.769. The van der Waals surface area contributed by atoms with E-state index in [1.807, 2.05) is 0 Å². The highest BCUT2D eigenvalue weighted by molar-refractivity contribution is 5.98. The van der Waals surface area contributed by atoms with Crippen molar-refractivity contribution in [3.05, 3.63) is 320 Å². The highest BCUT2D eigenvalue weighted by Gasteiger charge is 2.46. The quantitative estimate of drug-likeness (QED) is 0.132. The topological polar surface area (TPSA) is 3.24 Å². The molecule has 338 valence electrons. The van der Waals surface area contributed by atoms with E-state index in [-0.39, 0.29) is 0 Å². The molecule has 0 N–H and O–H groups in total. The lowest BCUT2D eigenvalue weighted by Crippen LogP contribution is -2.28. The Bertz CT molecular complexity index is 3850. The monoisotopic (exact) mass is 915 g/mol. The Kier molecular flexibility index (Phi) is 10.8. The molecule has 13 rings (SSSR count). The van der Waals surface area contributed by atoms with E-state index in [9.17, 15) is 0 Å². The summed E-state index contributed by atoms with van der Waals surface area (Å²) >= 11 is 0. The molecule has 0 unspecified atom stereocenters. The molecule has 0 radical (unpaired) electrons. The maximum Gasteiger partial charge on any atom is 0.0713 e. The lowest BCUT2D eigenvalue weighted by Gasteiger charge is -2.34. The number of nitrogens with zero attached hydrogens (tertiary/aromatic N) is 1. The van der Waals surface area contributed by atoms with Crippen LogP contribution in [0.3, 0.4) is 0 Å². The van der Waals surface area contributed by atoms with Gasteiger partial charge in [0.2, 0.25) is 0 Å². The molecule has 12 aromatic carbocycles. The van der Waals surface area contributed by atoms with Crippen molar-refractivity contribution in [3.8, 4) is 66.8 Å². The van der Waals surface area contributed by atoms with Gasteiger partial charge in [-0.2, -0.15) is 0 Å².